The Labute approximate surface area is 102 Å². The van der Waals surface area contributed by atoms with Crippen molar-refractivity contribution >= 4 is 0 Å². The maximum atomic E-state index is 4.02. The highest BCUT2D eigenvalue weighted by atomic mass is 15.1. The molecule has 1 aromatic carbocycles. The maximum absolute atomic E-state index is 4.02. The molecule has 1 heterocycles. The molecule has 2 aromatic rings. The molecule has 17 heavy (non-hydrogen) atoms. The van der Waals surface area contributed by atoms with Crippen LogP contribution in [-0.2, 0) is 6.54 Å². The van der Waals surface area contributed by atoms with E-state index >= 15 is 0 Å². The minimum Gasteiger partial charge on any atom is -0.306 e. The van der Waals surface area contributed by atoms with Crippen LogP contribution in [0.5, 0.6) is 0 Å². The van der Waals surface area contributed by atoms with Crippen LogP contribution in [0.1, 0.15) is 35.3 Å². The number of aromatic nitrogens is 2. The molecule has 0 aliphatic rings. The summed E-state index contributed by atoms with van der Waals surface area (Å²) in [6.07, 6.45) is 1.88. The predicted molar refractivity (Wildman–Crippen MR) is 69.8 cm³/mol. The second kappa shape index (κ2) is 5.15. The van der Waals surface area contributed by atoms with E-state index in [1.807, 2.05) is 13.1 Å². The molecule has 0 saturated heterocycles. The maximum Gasteiger partial charge on any atom is 0.0535 e. The Kier molecular flexibility index (Phi) is 3.59. The summed E-state index contributed by atoms with van der Waals surface area (Å²) in [4.78, 5) is 0. The van der Waals surface area contributed by atoms with Gasteiger partial charge in [-0.25, -0.2) is 0 Å². The van der Waals surface area contributed by atoms with Gasteiger partial charge in [-0.05, 0) is 26.3 Å². The fourth-order valence-electron chi connectivity index (χ4n) is 1.87. The van der Waals surface area contributed by atoms with Crippen LogP contribution in [0, 0.1) is 13.8 Å². The average molecular weight is 229 g/mol. The van der Waals surface area contributed by atoms with Gasteiger partial charge in [0.1, 0.15) is 0 Å². The summed E-state index contributed by atoms with van der Waals surface area (Å²) in [5.41, 5.74) is 4.99. The third-order valence-electron chi connectivity index (χ3n) is 3.08. The van der Waals surface area contributed by atoms with Gasteiger partial charge in [0.15, 0.2) is 0 Å². The van der Waals surface area contributed by atoms with Gasteiger partial charge in [0.2, 0.25) is 0 Å². The van der Waals surface area contributed by atoms with E-state index in [0.29, 0.717) is 6.04 Å². The number of aromatic amines is 1. The molecule has 2 N–H and O–H groups in total. The van der Waals surface area contributed by atoms with E-state index in [2.05, 4.69) is 53.6 Å². The van der Waals surface area contributed by atoms with E-state index in [4.69, 9.17) is 0 Å². The van der Waals surface area contributed by atoms with E-state index in [-0.39, 0.29) is 0 Å². The number of hydrogen-bond donors (Lipinski definition) is 2. The lowest BCUT2D eigenvalue weighted by Gasteiger charge is -2.14. The lowest BCUT2D eigenvalue weighted by atomic mass is 10.1. The van der Waals surface area contributed by atoms with Crippen LogP contribution in [-0.4, -0.2) is 10.2 Å². The third kappa shape index (κ3) is 2.94. The van der Waals surface area contributed by atoms with Gasteiger partial charge < -0.3 is 5.32 Å². The van der Waals surface area contributed by atoms with Crippen LogP contribution in [0.2, 0.25) is 0 Å². The first-order valence-corrected chi connectivity index (χ1v) is 5.95. The Morgan fingerprint density at radius 2 is 2.18 bits per heavy atom. The van der Waals surface area contributed by atoms with Crippen molar-refractivity contribution in [2.24, 2.45) is 0 Å². The molecule has 0 aliphatic carbocycles. The number of nitrogens with zero attached hydrogens (tertiary/aromatic N) is 1. The molecule has 1 aromatic heterocycles. The van der Waals surface area contributed by atoms with Crippen LogP contribution < -0.4 is 5.32 Å². The van der Waals surface area contributed by atoms with Gasteiger partial charge in [0, 0.05) is 23.8 Å². The van der Waals surface area contributed by atoms with E-state index in [0.717, 1.165) is 12.2 Å². The number of rotatable bonds is 4. The Bertz CT molecular complexity index is 488. The van der Waals surface area contributed by atoms with Gasteiger partial charge in [-0.1, -0.05) is 29.8 Å². The Hall–Kier alpha value is -1.61. The Morgan fingerprint density at radius 1 is 1.35 bits per heavy atom. The molecular formula is C14H19N3. The summed E-state index contributed by atoms with van der Waals surface area (Å²) in [7, 11) is 0. The van der Waals surface area contributed by atoms with Crippen LogP contribution in [0.15, 0.2) is 30.5 Å². The Morgan fingerprint density at radius 3 is 2.82 bits per heavy atom. The molecule has 0 amide bonds. The quantitative estimate of drug-likeness (QED) is 0.846. The molecule has 1 atom stereocenters. The van der Waals surface area contributed by atoms with E-state index in [1.165, 1.54) is 16.7 Å². The van der Waals surface area contributed by atoms with Crippen molar-refractivity contribution in [1.29, 1.82) is 0 Å². The second-order valence-electron chi connectivity index (χ2n) is 4.54. The van der Waals surface area contributed by atoms with E-state index < -0.39 is 0 Å². The van der Waals surface area contributed by atoms with Crippen LogP contribution >= 0.6 is 0 Å². The topological polar surface area (TPSA) is 40.7 Å². The third-order valence-corrected chi connectivity index (χ3v) is 3.08. The van der Waals surface area contributed by atoms with Crippen molar-refractivity contribution in [3.63, 3.8) is 0 Å². The first kappa shape index (κ1) is 11.9. The molecule has 3 heteroatoms. The fourth-order valence-corrected chi connectivity index (χ4v) is 1.87. The highest BCUT2D eigenvalue weighted by Gasteiger charge is 2.06. The normalized spacial score (nSPS) is 12.6. The number of nitrogens with one attached hydrogen (secondary N) is 2. The number of aryl methyl sites for hydroxylation is 2. The zero-order valence-corrected chi connectivity index (χ0v) is 10.6. The van der Waals surface area contributed by atoms with Gasteiger partial charge in [0.25, 0.3) is 0 Å². The standard InChI is InChI=1S/C14H19N3/c1-10-5-4-6-13(7-10)11(2)15-8-14-9-16-17-12(14)3/h4-7,9,11,15H,8H2,1-3H3,(H,16,17). The van der Waals surface area contributed by atoms with Crippen molar-refractivity contribution in [2.75, 3.05) is 0 Å². The van der Waals surface area contributed by atoms with Gasteiger partial charge in [-0.3, -0.25) is 5.10 Å². The van der Waals surface area contributed by atoms with Crippen molar-refractivity contribution < 1.29 is 0 Å². The van der Waals surface area contributed by atoms with E-state index in [1.54, 1.807) is 0 Å². The zero-order valence-electron chi connectivity index (χ0n) is 10.6. The minimum atomic E-state index is 0.351. The molecule has 0 aliphatic heterocycles. The average Bonchev–Trinajstić information content (AvgIpc) is 2.72. The highest BCUT2D eigenvalue weighted by molar-refractivity contribution is 5.25. The first-order valence-electron chi connectivity index (χ1n) is 5.95. The van der Waals surface area contributed by atoms with Crippen molar-refractivity contribution in [3.8, 4) is 0 Å². The minimum absolute atomic E-state index is 0.351. The summed E-state index contributed by atoms with van der Waals surface area (Å²) >= 11 is 0. The van der Waals surface area contributed by atoms with Gasteiger partial charge in [-0.15, -0.1) is 0 Å². The summed E-state index contributed by atoms with van der Waals surface area (Å²) in [6.45, 7) is 7.19. The lowest BCUT2D eigenvalue weighted by molar-refractivity contribution is 0.573. The summed E-state index contributed by atoms with van der Waals surface area (Å²) in [6, 6.07) is 8.96. The van der Waals surface area contributed by atoms with Crippen LogP contribution in [0.3, 0.4) is 0 Å². The monoisotopic (exact) mass is 229 g/mol. The molecule has 2 rings (SSSR count). The van der Waals surface area contributed by atoms with Gasteiger partial charge in [-0.2, -0.15) is 5.10 Å². The molecule has 0 saturated carbocycles. The molecule has 0 spiro atoms. The van der Waals surface area contributed by atoms with Crippen molar-refractivity contribution in [3.05, 3.63) is 52.8 Å². The predicted octanol–water partition coefficient (Wildman–Crippen LogP) is 2.88. The molecule has 0 radical (unpaired) electrons. The molecular weight excluding hydrogens is 210 g/mol. The first-order chi connectivity index (χ1) is 8.16. The summed E-state index contributed by atoms with van der Waals surface area (Å²) < 4.78 is 0. The van der Waals surface area contributed by atoms with Crippen molar-refractivity contribution in [2.45, 2.75) is 33.4 Å². The fraction of sp³-hybridized carbons (Fsp3) is 0.357. The Balaban J connectivity index is 1.98. The van der Waals surface area contributed by atoms with Gasteiger partial charge in [0.05, 0.1) is 6.20 Å². The van der Waals surface area contributed by atoms with Crippen LogP contribution in [0.25, 0.3) is 0 Å². The number of hydrogen-bond acceptors (Lipinski definition) is 2. The molecule has 1 unspecified atom stereocenters. The second-order valence-corrected chi connectivity index (χ2v) is 4.54. The molecule has 3 nitrogen and oxygen atoms in total. The molecule has 0 fully saturated rings. The SMILES string of the molecule is Cc1cccc(C(C)NCc2cn[nH]c2C)c1. The van der Waals surface area contributed by atoms with E-state index in [9.17, 15) is 0 Å². The van der Waals surface area contributed by atoms with Gasteiger partial charge >= 0.3 is 0 Å². The van der Waals surface area contributed by atoms with Crippen molar-refractivity contribution in [1.82, 2.24) is 15.5 Å². The summed E-state index contributed by atoms with van der Waals surface area (Å²) in [5, 5.41) is 10.5. The summed E-state index contributed by atoms with van der Waals surface area (Å²) in [5.74, 6) is 0. The molecule has 0 bridgehead atoms. The molecule has 90 valence electrons. The van der Waals surface area contributed by atoms with Crippen LogP contribution in [0.4, 0.5) is 0 Å². The number of H-pyrrole nitrogens is 1. The zero-order chi connectivity index (χ0) is 12.3. The lowest BCUT2D eigenvalue weighted by Crippen LogP contribution is -2.18. The highest BCUT2D eigenvalue weighted by Crippen LogP contribution is 2.14. The smallest absolute Gasteiger partial charge is 0.0535 e. The number of benzene rings is 1. The largest absolute Gasteiger partial charge is 0.306 e.